The average molecular weight is 284 g/mol. The van der Waals surface area contributed by atoms with Crippen LogP contribution in [0.4, 0.5) is 0 Å². The van der Waals surface area contributed by atoms with E-state index in [4.69, 9.17) is 4.74 Å². The quantitative estimate of drug-likeness (QED) is 0.842. The Morgan fingerprint density at radius 1 is 1.29 bits per heavy atom. The first-order valence-electron chi connectivity index (χ1n) is 7.56. The second-order valence-electron chi connectivity index (χ2n) is 5.28. The molecule has 0 aliphatic rings. The monoisotopic (exact) mass is 284 g/mol. The molecular weight excluding hydrogens is 260 g/mol. The molecule has 1 unspecified atom stereocenters. The molecule has 0 radical (unpaired) electrons. The summed E-state index contributed by atoms with van der Waals surface area (Å²) in [5, 5.41) is 3.44. The first-order valence-corrected chi connectivity index (χ1v) is 7.56. The number of rotatable bonds is 7. The molecule has 0 aliphatic carbocycles. The summed E-state index contributed by atoms with van der Waals surface area (Å²) in [6.45, 7) is 8.00. The molecule has 1 heterocycles. The zero-order valence-electron chi connectivity index (χ0n) is 13.1. The van der Waals surface area contributed by atoms with Crippen LogP contribution in [0.25, 0.3) is 0 Å². The van der Waals surface area contributed by atoms with Gasteiger partial charge in [0.05, 0.1) is 6.61 Å². The Labute approximate surface area is 127 Å². The maximum absolute atomic E-state index is 6.02. The van der Waals surface area contributed by atoms with Crippen molar-refractivity contribution in [2.24, 2.45) is 0 Å². The number of hydrogen-bond donors (Lipinski definition) is 1. The Morgan fingerprint density at radius 3 is 2.86 bits per heavy atom. The van der Waals surface area contributed by atoms with E-state index in [0.29, 0.717) is 12.6 Å². The number of pyridine rings is 1. The van der Waals surface area contributed by atoms with Gasteiger partial charge in [-0.1, -0.05) is 25.1 Å². The third kappa shape index (κ3) is 4.57. The minimum atomic E-state index is 0.295. The van der Waals surface area contributed by atoms with Gasteiger partial charge < -0.3 is 10.1 Å². The molecule has 0 saturated heterocycles. The Hall–Kier alpha value is -1.87. The highest BCUT2D eigenvalue weighted by Gasteiger charge is 2.11. The lowest BCUT2D eigenvalue weighted by Gasteiger charge is -2.18. The van der Waals surface area contributed by atoms with Crippen molar-refractivity contribution in [2.75, 3.05) is 13.2 Å². The fraction of sp³-hybridized carbons (Fsp3) is 0.389. The van der Waals surface area contributed by atoms with Crippen molar-refractivity contribution in [1.82, 2.24) is 10.3 Å². The summed E-state index contributed by atoms with van der Waals surface area (Å²) < 4.78 is 6.02. The molecule has 0 spiro atoms. The smallest absolute Gasteiger partial charge is 0.124 e. The first kappa shape index (κ1) is 15.5. The predicted molar refractivity (Wildman–Crippen MR) is 86.7 cm³/mol. The molecule has 2 aromatic rings. The summed E-state index contributed by atoms with van der Waals surface area (Å²) >= 11 is 0. The minimum Gasteiger partial charge on any atom is -0.493 e. The van der Waals surface area contributed by atoms with Gasteiger partial charge in [0.2, 0.25) is 0 Å². The number of aryl methyl sites for hydroxylation is 1. The fourth-order valence-corrected chi connectivity index (χ4v) is 2.37. The van der Waals surface area contributed by atoms with Crippen molar-refractivity contribution in [3.63, 3.8) is 0 Å². The van der Waals surface area contributed by atoms with Crippen molar-refractivity contribution >= 4 is 0 Å². The second kappa shape index (κ2) is 7.79. The fourth-order valence-electron chi connectivity index (χ4n) is 2.37. The lowest BCUT2D eigenvalue weighted by atomic mass is 10.0. The van der Waals surface area contributed by atoms with Crippen LogP contribution in [0.15, 0.2) is 42.7 Å². The summed E-state index contributed by atoms with van der Waals surface area (Å²) in [6, 6.07) is 10.7. The molecule has 3 nitrogen and oxygen atoms in total. The van der Waals surface area contributed by atoms with E-state index < -0.39 is 0 Å². The van der Waals surface area contributed by atoms with E-state index in [0.717, 1.165) is 18.7 Å². The molecule has 0 fully saturated rings. The third-order valence-corrected chi connectivity index (χ3v) is 3.52. The number of nitrogens with one attached hydrogen (secondary N) is 1. The predicted octanol–water partition coefficient (Wildman–Crippen LogP) is 3.68. The summed E-state index contributed by atoms with van der Waals surface area (Å²) in [7, 11) is 0. The largest absolute Gasteiger partial charge is 0.493 e. The number of aromatic nitrogens is 1. The Kier molecular flexibility index (Phi) is 5.76. The van der Waals surface area contributed by atoms with Crippen molar-refractivity contribution in [3.8, 4) is 5.75 Å². The van der Waals surface area contributed by atoms with Crippen LogP contribution >= 0.6 is 0 Å². The van der Waals surface area contributed by atoms with E-state index in [2.05, 4.69) is 55.3 Å². The topological polar surface area (TPSA) is 34.1 Å². The summed E-state index contributed by atoms with van der Waals surface area (Å²) in [4.78, 5) is 4.13. The van der Waals surface area contributed by atoms with E-state index in [1.54, 1.807) is 6.20 Å². The molecule has 0 bridgehead atoms. The second-order valence-corrected chi connectivity index (χ2v) is 5.28. The van der Waals surface area contributed by atoms with Gasteiger partial charge in [0.15, 0.2) is 0 Å². The van der Waals surface area contributed by atoms with Gasteiger partial charge in [-0.15, -0.1) is 0 Å². The lowest BCUT2D eigenvalue weighted by molar-refractivity contribution is 0.315. The highest BCUT2D eigenvalue weighted by molar-refractivity contribution is 5.39. The summed E-state index contributed by atoms with van der Waals surface area (Å²) in [5.41, 5.74) is 3.64. The number of hydrogen-bond acceptors (Lipinski definition) is 3. The molecule has 21 heavy (non-hydrogen) atoms. The molecular formula is C18H24N2O. The number of benzene rings is 1. The van der Waals surface area contributed by atoms with Crippen LogP contribution in [0.1, 0.15) is 36.6 Å². The number of nitrogens with zero attached hydrogens (tertiary/aromatic N) is 1. The van der Waals surface area contributed by atoms with Gasteiger partial charge in [-0.3, -0.25) is 4.98 Å². The van der Waals surface area contributed by atoms with Crippen molar-refractivity contribution in [3.05, 3.63) is 59.4 Å². The van der Waals surface area contributed by atoms with Crippen LogP contribution in [0.3, 0.4) is 0 Å². The van der Waals surface area contributed by atoms with Gasteiger partial charge in [-0.25, -0.2) is 0 Å². The van der Waals surface area contributed by atoms with Crippen molar-refractivity contribution < 1.29 is 4.74 Å². The molecule has 0 aliphatic heterocycles. The lowest BCUT2D eigenvalue weighted by Crippen LogP contribution is -2.19. The summed E-state index contributed by atoms with van der Waals surface area (Å²) in [6.07, 6.45) is 4.56. The summed E-state index contributed by atoms with van der Waals surface area (Å²) in [5.74, 6) is 0.979. The Bertz CT molecular complexity index is 554. The first-order chi connectivity index (χ1) is 10.2. The van der Waals surface area contributed by atoms with E-state index in [9.17, 15) is 0 Å². The van der Waals surface area contributed by atoms with E-state index in [1.165, 1.54) is 16.7 Å². The van der Waals surface area contributed by atoms with Crippen LogP contribution in [0.2, 0.25) is 0 Å². The van der Waals surface area contributed by atoms with Gasteiger partial charge in [-0.2, -0.15) is 0 Å². The molecule has 0 saturated carbocycles. The van der Waals surface area contributed by atoms with E-state index in [1.807, 2.05) is 12.3 Å². The van der Waals surface area contributed by atoms with Crippen LogP contribution in [0, 0.1) is 6.92 Å². The van der Waals surface area contributed by atoms with Gasteiger partial charge in [0, 0.05) is 30.4 Å². The van der Waals surface area contributed by atoms with Crippen LogP contribution in [-0.4, -0.2) is 18.1 Å². The van der Waals surface area contributed by atoms with Gasteiger partial charge in [0.1, 0.15) is 5.75 Å². The van der Waals surface area contributed by atoms with Crippen LogP contribution in [0.5, 0.6) is 5.75 Å². The number of ether oxygens (including phenoxy) is 1. The SMILES string of the molecule is CCNC(C)c1ccc(C)cc1OCCc1cccnc1. The molecule has 1 aromatic carbocycles. The Balaban J connectivity index is 2.02. The van der Waals surface area contributed by atoms with Gasteiger partial charge >= 0.3 is 0 Å². The molecule has 1 aromatic heterocycles. The highest BCUT2D eigenvalue weighted by Crippen LogP contribution is 2.26. The van der Waals surface area contributed by atoms with E-state index in [-0.39, 0.29) is 0 Å². The normalized spacial score (nSPS) is 12.1. The average Bonchev–Trinajstić information content (AvgIpc) is 2.49. The van der Waals surface area contributed by atoms with Crippen LogP contribution in [-0.2, 0) is 6.42 Å². The van der Waals surface area contributed by atoms with Gasteiger partial charge in [-0.05, 0) is 43.7 Å². The minimum absolute atomic E-state index is 0.295. The maximum atomic E-state index is 6.02. The highest BCUT2D eigenvalue weighted by atomic mass is 16.5. The molecule has 3 heteroatoms. The zero-order valence-corrected chi connectivity index (χ0v) is 13.1. The van der Waals surface area contributed by atoms with Crippen molar-refractivity contribution in [2.45, 2.75) is 33.2 Å². The molecule has 2 rings (SSSR count). The third-order valence-electron chi connectivity index (χ3n) is 3.52. The molecule has 0 amide bonds. The molecule has 1 atom stereocenters. The van der Waals surface area contributed by atoms with Crippen LogP contribution < -0.4 is 10.1 Å². The molecule has 112 valence electrons. The van der Waals surface area contributed by atoms with E-state index >= 15 is 0 Å². The Morgan fingerprint density at radius 2 is 2.14 bits per heavy atom. The zero-order chi connectivity index (χ0) is 15.1. The van der Waals surface area contributed by atoms with Crippen molar-refractivity contribution in [1.29, 1.82) is 0 Å². The van der Waals surface area contributed by atoms with Gasteiger partial charge in [0.25, 0.3) is 0 Å². The molecule has 1 N–H and O–H groups in total. The maximum Gasteiger partial charge on any atom is 0.124 e. The standard InChI is InChI=1S/C18H24N2O/c1-4-20-15(3)17-8-7-14(2)12-18(17)21-11-9-16-6-5-10-19-13-16/h5-8,10,12-13,15,20H,4,9,11H2,1-3H3.